The fourth-order valence-electron chi connectivity index (χ4n) is 1.63. The number of amides is 1. The fourth-order valence-corrected chi connectivity index (χ4v) is 2.29. The van der Waals surface area contributed by atoms with E-state index >= 15 is 0 Å². The molecule has 18 heavy (non-hydrogen) atoms. The van der Waals surface area contributed by atoms with Gasteiger partial charge in [-0.3, -0.25) is 10.1 Å². The van der Waals surface area contributed by atoms with Crippen LogP contribution in [-0.4, -0.2) is 19.0 Å². The van der Waals surface area contributed by atoms with Crippen LogP contribution >= 0.6 is 31.9 Å². The first kappa shape index (κ1) is 15.7. The third kappa shape index (κ3) is 4.74. The molecule has 1 unspecified atom stereocenters. The molecule has 102 valence electrons. The van der Waals surface area contributed by atoms with E-state index in [4.69, 9.17) is 4.42 Å². The van der Waals surface area contributed by atoms with Crippen LogP contribution in [-0.2, 0) is 11.3 Å². The second-order valence-corrected chi connectivity index (χ2v) is 6.09. The van der Waals surface area contributed by atoms with Gasteiger partial charge in [-0.15, -0.1) is 0 Å². The molecule has 0 saturated carbocycles. The average Bonchev–Trinajstić information content (AvgIpc) is 2.62. The van der Waals surface area contributed by atoms with Crippen LogP contribution in [0, 0.1) is 5.92 Å². The van der Waals surface area contributed by atoms with Crippen molar-refractivity contribution in [3.63, 3.8) is 0 Å². The molecular formula is C12H18Br2N2O2. The second kappa shape index (κ2) is 7.31. The largest absolute Gasteiger partial charge is 0.452 e. The maximum Gasteiger partial charge on any atom is 0.236 e. The van der Waals surface area contributed by atoms with E-state index in [2.05, 4.69) is 56.3 Å². The van der Waals surface area contributed by atoms with Gasteiger partial charge in [0.1, 0.15) is 5.76 Å². The van der Waals surface area contributed by atoms with Crippen LogP contribution in [0.1, 0.15) is 26.0 Å². The summed E-state index contributed by atoms with van der Waals surface area (Å²) in [7, 11) is 1.65. The minimum atomic E-state index is -0.197. The molecule has 1 aromatic rings. The van der Waals surface area contributed by atoms with Crippen molar-refractivity contribution < 1.29 is 9.21 Å². The number of halogens is 2. The van der Waals surface area contributed by atoms with Crippen molar-refractivity contribution in [2.24, 2.45) is 5.92 Å². The van der Waals surface area contributed by atoms with Gasteiger partial charge in [-0.05, 0) is 50.3 Å². The van der Waals surface area contributed by atoms with Crippen LogP contribution < -0.4 is 10.6 Å². The Labute approximate surface area is 124 Å². The lowest BCUT2D eigenvalue weighted by atomic mass is 10.0. The highest BCUT2D eigenvalue weighted by Gasteiger charge is 2.18. The molecule has 1 amide bonds. The highest BCUT2D eigenvalue weighted by molar-refractivity contribution is 9.13. The zero-order valence-electron chi connectivity index (χ0n) is 10.7. The van der Waals surface area contributed by atoms with Crippen molar-refractivity contribution in [1.82, 2.24) is 10.6 Å². The summed E-state index contributed by atoms with van der Waals surface area (Å²) in [5.74, 6) is 1.25. The Morgan fingerprint density at radius 2 is 2.11 bits per heavy atom. The van der Waals surface area contributed by atoms with Crippen molar-refractivity contribution in [2.75, 3.05) is 7.05 Å². The summed E-state index contributed by atoms with van der Waals surface area (Å²) in [5, 5.41) is 5.88. The van der Waals surface area contributed by atoms with Crippen molar-refractivity contribution in [3.8, 4) is 0 Å². The molecule has 6 heteroatoms. The predicted octanol–water partition coefficient (Wildman–Crippen LogP) is 3.05. The van der Waals surface area contributed by atoms with Crippen molar-refractivity contribution in [1.29, 1.82) is 0 Å². The maximum atomic E-state index is 11.7. The van der Waals surface area contributed by atoms with Gasteiger partial charge in [-0.2, -0.15) is 0 Å². The summed E-state index contributed by atoms with van der Waals surface area (Å²) in [5.41, 5.74) is 0. The number of carbonyl (C=O) groups excluding carboxylic acids is 1. The standard InChI is InChI=1S/C12H18Br2N2O2/c1-7(2)4-10(12(17)15-3)16-6-8-5-9(13)11(14)18-8/h5,7,10,16H,4,6H2,1-3H3,(H,15,17). The molecule has 1 heterocycles. The lowest BCUT2D eigenvalue weighted by molar-refractivity contribution is -0.123. The van der Waals surface area contributed by atoms with Gasteiger partial charge in [-0.1, -0.05) is 13.8 Å². The summed E-state index contributed by atoms with van der Waals surface area (Å²) in [6.45, 7) is 4.71. The van der Waals surface area contributed by atoms with Crippen LogP contribution in [0.25, 0.3) is 0 Å². The number of likely N-dealkylation sites (N-methyl/N-ethyl adjacent to an activating group) is 1. The van der Waals surface area contributed by atoms with Crippen LogP contribution in [0.15, 0.2) is 19.6 Å². The highest BCUT2D eigenvalue weighted by atomic mass is 79.9. The molecule has 1 aromatic heterocycles. The Morgan fingerprint density at radius 1 is 1.44 bits per heavy atom. The van der Waals surface area contributed by atoms with E-state index in [-0.39, 0.29) is 11.9 Å². The zero-order valence-corrected chi connectivity index (χ0v) is 13.9. The molecule has 0 saturated heterocycles. The van der Waals surface area contributed by atoms with Crippen molar-refractivity contribution in [2.45, 2.75) is 32.9 Å². The first-order valence-electron chi connectivity index (χ1n) is 5.82. The molecule has 1 rings (SSSR count). The topological polar surface area (TPSA) is 54.3 Å². The molecule has 0 bridgehead atoms. The SMILES string of the molecule is CNC(=O)C(CC(C)C)NCc1cc(Br)c(Br)o1. The van der Waals surface area contributed by atoms with E-state index in [1.54, 1.807) is 7.05 Å². The first-order valence-corrected chi connectivity index (χ1v) is 7.41. The van der Waals surface area contributed by atoms with Crippen LogP contribution in [0.4, 0.5) is 0 Å². The van der Waals surface area contributed by atoms with E-state index in [0.717, 1.165) is 16.7 Å². The molecule has 0 aliphatic carbocycles. The summed E-state index contributed by atoms with van der Waals surface area (Å²) in [6.07, 6.45) is 0.794. The van der Waals surface area contributed by atoms with Crippen molar-refractivity contribution >= 4 is 37.8 Å². The number of rotatable bonds is 6. The Bertz CT molecular complexity index is 385. The zero-order chi connectivity index (χ0) is 13.7. The van der Waals surface area contributed by atoms with E-state index in [1.165, 1.54) is 0 Å². The van der Waals surface area contributed by atoms with Crippen LogP contribution in [0.3, 0.4) is 0 Å². The minimum Gasteiger partial charge on any atom is -0.452 e. The highest BCUT2D eigenvalue weighted by Crippen LogP contribution is 2.26. The molecule has 4 nitrogen and oxygen atoms in total. The Kier molecular flexibility index (Phi) is 6.38. The van der Waals surface area contributed by atoms with Gasteiger partial charge >= 0.3 is 0 Å². The minimum absolute atomic E-state index is 0.00777. The molecule has 0 aliphatic rings. The van der Waals surface area contributed by atoms with Gasteiger partial charge < -0.3 is 9.73 Å². The average molecular weight is 382 g/mol. The summed E-state index contributed by atoms with van der Waals surface area (Å²) >= 11 is 6.64. The third-order valence-electron chi connectivity index (χ3n) is 2.49. The summed E-state index contributed by atoms with van der Waals surface area (Å²) < 4.78 is 7.00. The second-order valence-electron chi connectivity index (χ2n) is 4.51. The number of furan rings is 1. The number of carbonyl (C=O) groups is 1. The molecule has 2 N–H and O–H groups in total. The van der Waals surface area contributed by atoms with Gasteiger partial charge in [0.2, 0.25) is 5.91 Å². The van der Waals surface area contributed by atoms with Gasteiger partial charge in [-0.25, -0.2) is 0 Å². The fraction of sp³-hybridized carbons (Fsp3) is 0.583. The molecule has 0 aliphatic heterocycles. The maximum absolute atomic E-state index is 11.7. The number of hydrogen-bond acceptors (Lipinski definition) is 3. The van der Waals surface area contributed by atoms with E-state index in [1.807, 2.05) is 6.07 Å². The lowest BCUT2D eigenvalue weighted by Gasteiger charge is -2.18. The Balaban J connectivity index is 2.58. The normalized spacial score (nSPS) is 12.8. The smallest absolute Gasteiger partial charge is 0.236 e. The molecule has 0 spiro atoms. The number of hydrogen-bond donors (Lipinski definition) is 2. The molecule has 0 radical (unpaired) electrons. The van der Waals surface area contributed by atoms with Gasteiger partial charge in [0.25, 0.3) is 0 Å². The van der Waals surface area contributed by atoms with E-state index < -0.39 is 0 Å². The summed E-state index contributed by atoms with van der Waals surface area (Å²) in [6, 6.07) is 1.69. The van der Waals surface area contributed by atoms with Crippen LogP contribution in [0.5, 0.6) is 0 Å². The van der Waals surface area contributed by atoms with Crippen molar-refractivity contribution in [3.05, 3.63) is 21.0 Å². The quantitative estimate of drug-likeness (QED) is 0.796. The van der Waals surface area contributed by atoms with Gasteiger partial charge in [0.15, 0.2) is 4.67 Å². The molecule has 0 fully saturated rings. The lowest BCUT2D eigenvalue weighted by Crippen LogP contribution is -2.43. The van der Waals surface area contributed by atoms with Crippen LogP contribution in [0.2, 0.25) is 0 Å². The number of nitrogens with one attached hydrogen (secondary N) is 2. The summed E-state index contributed by atoms with van der Waals surface area (Å²) in [4.78, 5) is 11.7. The Hall–Kier alpha value is -0.330. The molecular weight excluding hydrogens is 364 g/mol. The van der Waals surface area contributed by atoms with Gasteiger partial charge in [0, 0.05) is 7.05 Å². The van der Waals surface area contributed by atoms with Gasteiger partial charge in [0.05, 0.1) is 17.1 Å². The first-order chi connectivity index (χ1) is 8.43. The molecule has 0 aromatic carbocycles. The van der Waals surface area contributed by atoms with E-state index in [0.29, 0.717) is 17.1 Å². The van der Waals surface area contributed by atoms with E-state index in [9.17, 15) is 4.79 Å². The predicted molar refractivity (Wildman–Crippen MR) is 78.3 cm³/mol. The monoisotopic (exact) mass is 380 g/mol. The molecule has 1 atom stereocenters. The third-order valence-corrected chi connectivity index (χ3v) is 4.20. The Morgan fingerprint density at radius 3 is 2.56 bits per heavy atom.